The highest BCUT2D eigenvalue weighted by Gasteiger charge is 2.14. The van der Waals surface area contributed by atoms with Crippen LogP contribution in [0.5, 0.6) is 5.75 Å². The SMILES string of the molecule is COc1ccc(Cc2nc(C(=O)Nc3cc(F)ccc3F)cc(=O)[nH]2)cc1. The monoisotopic (exact) mass is 371 g/mol. The molecule has 0 saturated carbocycles. The number of carbonyl (C=O) groups excluding carboxylic acids is 1. The van der Waals surface area contributed by atoms with Gasteiger partial charge in [0.1, 0.15) is 28.9 Å². The summed E-state index contributed by atoms with van der Waals surface area (Å²) in [5.74, 6) is -1.37. The van der Waals surface area contributed by atoms with Crippen LogP contribution in [0.3, 0.4) is 0 Å². The number of carbonyl (C=O) groups is 1. The van der Waals surface area contributed by atoms with Crippen LogP contribution in [0.1, 0.15) is 21.9 Å². The van der Waals surface area contributed by atoms with E-state index in [0.29, 0.717) is 5.75 Å². The third-order valence-corrected chi connectivity index (χ3v) is 3.73. The second-order valence-corrected chi connectivity index (χ2v) is 5.68. The lowest BCUT2D eigenvalue weighted by atomic mass is 10.1. The number of nitrogens with one attached hydrogen (secondary N) is 2. The number of methoxy groups -OCH3 is 1. The Balaban J connectivity index is 1.82. The standard InChI is InChI=1S/C19H15F2N3O3/c1-27-13-5-2-11(3-6-13)8-17-22-16(10-18(25)24-17)19(26)23-15-9-12(20)4-7-14(15)21/h2-7,9-10H,8H2,1H3,(H,23,26)(H,22,24,25). The van der Waals surface area contributed by atoms with Gasteiger partial charge >= 0.3 is 0 Å². The first kappa shape index (κ1) is 18.2. The van der Waals surface area contributed by atoms with Crippen molar-refractivity contribution in [2.75, 3.05) is 12.4 Å². The molecule has 1 heterocycles. The van der Waals surface area contributed by atoms with Crippen LogP contribution < -0.4 is 15.6 Å². The van der Waals surface area contributed by atoms with Gasteiger partial charge in [-0.25, -0.2) is 13.8 Å². The molecule has 27 heavy (non-hydrogen) atoms. The van der Waals surface area contributed by atoms with Crippen LogP contribution in [0.25, 0.3) is 0 Å². The van der Waals surface area contributed by atoms with Gasteiger partial charge in [0.2, 0.25) is 0 Å². The number of aromatic amines is 1. The fourth-order valence-corrected chi connectivity index (χ4v) is 2.42. The summed E-state index contributed by atoms with van der Waals surface area (Å²) >= 11 is 0. The van der Waals surface area contributed by atoms with E-state index in [1.807, 2.05) is 0 Å². The van der Waals surface area contributed by atoms with Crippen LogP contribution in [-0.4, -0.2) is 23.0 Å². The van der Waals surface area contributed by atoms with Crippen molar-refractivity contribution in [1.82, 2.24) is 9.97 Å². The van der Waals surface area contributed by atoms with Crippen LogP contribution in [-0.2, 0) is 6.42 Å². The molecule has 0 fully saturated rings. The predicted octanol–water partition coefficient (Wildman–Crippen LogP) is 2.90. The lowest BCUT2D eigenvalue weighted by molar-refractivity contribution is 0.102. The van der Waals surface area contributed by atoms with Gasteiger partial charge in [0.15, 0.2) is 0 Å². The van der Waals surface area contributed by atoms with Crippen molar-refractivity contribution < 1.29 is 18.3 Å². The maximum Gasteiger partial charge on any atom is 0.274 e. The number of nitrogens with zero attached hydrogens (tertiary/aromatic N) is 1. The summed E-state index contributed by atoms with van der Waals surface area (Å²) in [5.41, 5.74) is -0.226. The van der Waals surface area contributed by atoms with Crippen molar-refractivity contribution in [2.45, 2.75) is 6.42 Å². The summed E-state index contributed by atoms with van der Waals surface area (Å²) in [7, 11) is 1.55. The molecule has 0 aliphatic heterocycles. The number of rotatable bonds is 5. The second-order valence-electron chi connectivity index (χ2n) is 5.68. The maximum atomic E-state index is 13.7. The zero-order valence-electron chi connectivity index (χ0n) is 14.3. The van der Waals surface area contributed by atoms with E-state index in [1.165, 1.54) is 0 Å². The van der Waals surface area contributed by atoms with Crippen LogP contribution >= 0.6 is 0 Å². The van der Waals surface area contributed by atoms with Crippen molar-refractivity contribution in [3.05, 3.63) is 87.6 Å². The van der Waals surface area contributed by atoms with Crippen molar-refractivity contribution in [3.63, 3.8) is 0 Å². The van der Waals surface area contributed by atoms with E-state index in [0.717, 1.165) is 29.8 Å². The Bertz CT molecular complexity index is 1030. The zero-order valence-corrected chi connectivity index (χ0v) is 14.3. The van der Waals surface area contributed by atoms with Gasteiger partial charge in [0, 0.05) is 18.6 Å². The molecule has 1 aromatic heterocycles. The molecule has 0 bridgehead atoms. The van der Waals surface area contributed by atoms with Crippen molar-refractivity contribution in [2.24, 2.45) is 0 Å². The first-order valence-corrected chi connectivity index (χ1v) is 7.94. The summed E-state index contributed by atoms with van der Waals surface area (Å²) in [4.78, 5) is 30.8. The van der Waals surface area contributed by atoms with Gasteiger partial charge in [0.25, 0.3) is 11.5 Å². The minimum absolute atomic E-state index is 0.203. The molecule has 0 atom stereocenters. The van der Waals surface area contributed by atoms with Crippen molar-refractivity contribution >= 4 is 11.6 Å². The molecule has 8 heteroatoms. The number of H-pyrrole nitrogens is 1. The molecule has 2 aromatic carbocycles. The van der Waals surface area contributed by atoms with E-state index in [4.69, 9.17) is 4.74 Å². The molecule has 0 aliphatic rings. The Morgan fingerprint density at radius 1 is 1.15 bits per heavy atom. The maximum absolute atomic E-state index is 13.7. The lowest BCUT2D eigenvalue weighted by Gasteiger charge is -2.08. The number of aromatic nitrogens is 2. The molecule has 1 amide bonds. The van der Waals surface area contributed by atoms with Gasteiger partial charge < -0.3 is 15.0 Å². The Kier molecular flexibility index (Phi) is 5.25. The van der Waals surface area contributed by atoms with E-state index in [-0.39, 0.29) is 23.6 Å². The molecular formula is C19H15F2N3O3. The summed E-state index contributed by atoms with van der Waals surface area (Å²) in [6, 6.07) is 10.8. The third kappa shape index (κ3) is 4.55. The number of anilines is 1. The predicted molar refractivity (Wildman–Crippen MR) is 95.0 cm³/mol. The van der Waals surface area contributed by atoms with Crippen LogP contribution in [0.2, 0.25) is 0 Å². The minimum Gasteiger partial charge on any atom is -0.497 e. The highest BCUT2D eigenvalue weighted by molar-refractivity contribution is 6.02. The Hall–Kier alpha value is -3.55. The van der Waals surface area contributed by atoms with Crippen LogP contribution in [0.15, 0.2) is 53.3 Å². The van der Waals surface area contributed by atoms with Gasteiger partial charge in [-0.2, -0.15) is 0 Å². The third-order valence-electron chi connectivity index (χ3n) is 3.73. The summed E-state index contributed by atoms with van der Waals surface area (Å²) < 4.78 is 32.0. The van der Waals surface area contributed by atoms with Crippen molar-refractivity contribution in [1.29, 1.82) is 0 Å². The van der Waals surface area contributed by atoms with E-state index < -0.39 is 23.1 Å². The molecule has 138 valence electrons. The molecule has 0 saturated heterocycles. The van der Waals surface area contributed by atoms with E-state index >= 15 is 0 Å². The Morgan fingerprint density at radius 2 is 1.89 bits per heavy atom. The van der Waals surface area contributed by atoms with Gasteiger partial charge in [-0.3, -0.25) is 9.59 Å². The topological polar surface area (TPSA) is 84.1 Å². The fraction of sp³-hybridized carbons (Fsp3) is 0.105. The molecule has 6 nitrogen and oxygen atoms in total. The Labute approximate surface area is 152 Å². The summed E-state index contributed by atoms with van der Waals surface area (Å²) in [6.45, 7) is 0. The first-order valence-electron chi connectivity index (χ1n) is 7.94. The van der Waals surface area contributed by atoms with Gasteiger partial charge in [-0.05, 0) is 29.8 Å². The molecular weight excluding hydrogens is 356 g/mol. The van der Waals surface area contributed by atoms with E-state index in [2.05, 4.69) is 15.3 Å². The number of halogens is 2. The van der Waals surface area contributed by atoms with Crippen molar-refractivity contribution in [3.8, 4) is 5.75 Å². The minimum atomic E-state index is -0.818. The van der Waals surface area contributed by atoms with Crippen LogP contribution in [0, 0.1) is 11.6 Å². The molecule has 2 N–H and O–H groups in total. The number of benzene rings is 2. The average Bonchev–Trinajstić information content (AvgIpc) is 2.65. The quantitative estimate of drug-likeness (QED) is 0.722. The summed E-state index contributed by atoms with van der Waals surface area (Å²) in [6.07, 6.45) is 0.273. The highest BCUT2D eigenvalue weighted by Crippen LogP contribution is 2.16. The van der Waals surface area contributed by atoms with Gasteiger partial charge in [0.05, 0.1) is 12.8 Å². The van der Waals surface area contributed by atoms with Crippen LogP contribution in [0.4, 0.5) is 14.5 Å². The van der Waals surface area contributed by atoms with Gasteiger partial charge in [-0.1, -0.05) is 12.1 Å². The first-order chi connectivity index (χ1) is 12.9. The largest absolute Gasteiger partial charge is 0.497 e. The smallest absolute Gasteiger partial charge is 0.274 e. The molecule has 0 unspecified atom stereocenters. The van der Waals surface area contributed by atoms with Gasteiger partial charge in [-0.15, -0.1) is 0 Å². The Morgan fingerprint density at radius 3 is 2.59 bits per heavy atom. The number of amides is 1. The second kappa shape index (κ2) is 7.77. The average molecular weight is 371 g/mol. The molecule has 0 radical (unpaired) electrons. The lowest BCUT2D eigenvalue weighted by Crippen LogP contribution is -2.21. The number of hydrogen-bond donors (Lipinski definition) is 2. The fourth-order valence-electron chi connectivity index (χ4n) is 2.42. The zero-order chi connectivity index (χ0) is 19.4. The normalized spacial score (nSPS) is 10.5. The number of ether oxygens (including phenoxy) is 1. The molecule has 3 rings (SSSR count). The van der Waals surface area contributed by atoms with E-state index in [9.17, 15) is 18.4 Å². The number of hydrogen-bond acceptors (Lipinski definition) is 4. The molecule has 0 spiro atoms. The summed E-state index contributed by atoms with van der Waals surface area (Å²) in [5, 5.41) is 2.21. The highest BCUT2D eigenvalue weighted by atomic mass is 19.1. The molecule has 0 aliphatic carbocycles. The molecule has 3 aromatic rings. The van der Waals surface area contributed by atoms with E-state index in [1.54, 1.807) is 31.4 Å².